The van der Waals surface area contributed by atoms with E-state index in [9.17, 15) is 14.0 Å². The van der Waals surface area contributed by atoms with E-state index >= 15 is 0 Å². The van der Waals surface area contributed by atoms with Gasteiger partial charge in [0.1, 0.15) is 23.1 Å². The van der Waals surface area contributed by atoms with Gasteiger partial charge in [0.15, 0.2) is 0 Å². The fourth-order valence-corrected chi connectivity index (χ4v) is 6.41. The predicted octanol–water partition coefficient (Wildman–Crippen LogP) is 6.00. The number of halogens is 3. The molecule has 37 heavy (non-hydrogen) atoms. The van der Waals surface area contributed by atoms with Crippen LogP contribution in [-0.2, 0) is 16.0 Å². The van der Waals surface area contributed by atoms with Crippen molar-refractivity contribution in [2.24, 2.45) is 11.8 Å². The largest absolute Gasteiger partial charge is 0.341 e. The van der Waals surface area contributed by atoms with E-state index in [0.717, 1.165) is 48.5 Å². The third-order valence-corrected chi connectivity index (χ3v) is 8.45. The summed E-state index contributed by atoms with van der Waals surface area (Å²) in [5.74, 6) is 2.10. The molecule has 1 aliphatic heterocycles. The molecule has 2 heterocycles. The maximum absolute atomic E-state index is 14.1. The molecular formula is C28H37Cl2FN4O2. The van der Waals surface area contributed by atoms with Crippen LogP contribution in [0.15, 0.2) is 18.2 Å². The zero-order chi connectivity index (χ0) is 25.8. The van der Waals surface area contributed by atoms with Crippen molar-refractivity contribution < 1.29 is 14.0 Å². The number of carbonyl (C=O) groups is 2. The van der Waals surface area contributed by atoms with Gasteiger partial charge >= 0.3 is 0 Å². The average molecular weight is 552 g/mol. The zero-order valence-corrected chi connectivity index (χ0v) is 23.6. The Hall–Kier alpha value is -1.99. The van der Waals surface area contributed by atoms with Crippen molar-refractivity contribution in [3.05, 3.63) is 46.0 Å². The van der Waals surface area contributed by atoms with E-state index in [2.05, 4.69) is 14.8 Å². The van der Waals surface area contributed by atoms with Crippen molar-refractivity contribution in [3.63, 3.8) is 0 Å². The number of hydrogen-bond acceptors (Lipinski definition) is 4. The number of nitrogens with zero attached hydrogens (tertiary/aromatic N) is 4. The molecule has 1 aromatic heterocycles. The number of Topliss-reactive ketones (excluding diaryl/α,β-unsaturated/α-hetero) is 1. The minimum Gasteiger partial charge on any atom is -0.341 e. The number of hydrogen-bond donors (Lipinski definition) is 0. The number of carbonyl (C=O) groups excluding carboxylic acids is 2. The quantitative estimate of drug-likeness (QED) is 0.404. The minimum atomic E-state index is -1.15. The Morgan fingerprint density at radius 1 is 1.14 bits per heavy atom. The first-order valence-electron chi connectivity index (χ1n) is 13.2. The second kappa shape index (κ2) is 10.6. The lowest BCUT2D eigenvalue weighted by molar-refractivity contribution is -0.128. The molecule has 2 aliphatic carbocycles. The van der Waals surface area contributed by atoms with Gasteiger partial charge in [-0.05, 0) is 82.1 Å². The van der Waals surface area contributed by atoms with Gasteiger partial charge in [-0.3, -0.25) is 9.59 Å². The third kappa shape index (κ3) is 6.03. The van der Waals surface area contributed by atoms with Crippen LogP contribution in [0.3, 0.4) is 0 Å². The molecule has 202 valence electrons. The van der Waals surface area contributed by atoms with Gasteiger partial charge in [-0.1, -0.05) is 17.7 Å². The van der Waals surface area contributed by atoms with E-state index in [1.807, 2.05) is 25.1 Å². The lowest BCUT2D eigenvalue weighted by atomic mass is 9.70. The number of aromatic nitrogens is 3. The molecule has 5 rings (SSSR count). The van der Waals surface area contributed by atoms with E-state index in [0.29, 0.717) is 42.9 Å². The van der Waals surface area contributed by atoms with Crippen molar-refractivity contribution in [1.29, 1.82) is 0 Å². The summed E-state index contributed by atoms with van der Waals surface area (Å²) in [6, 6.07) is 5.97. The normalized spacial score (nSPS) is 25.5. The highest BCUT2D eigenvalue weighted by Gasteiger charge is 2.46. The molecule has 0 spiro atoms. The number of likely N-dealkylation sites (tertiary alicyclic amines) is 1. The summed E-state index contributed by atoms with van der Waals surface area (Å²) in [5, 5.41) is 9.95. The van der Waals surface area contributed by atoms with E-state index in [4.69, 9.17) is 11.6 Å². The monoisotopic (exact) mass is 550 g/mol. The summed E-state index contributed by atoms with van der Waals surface area (Å²) in [7, 11) is 0. The molecule has 3 aliphatic rings. The molecule has 1 amide bonds. The SMILES string of the molecule is CC(=O)N1C[C@H](C(=O)Cc2ccc(Cl)cc2C)[C@@H](c2nnc(C3CC(CC(C)(C)F)C3)n2C2CC2)C1.Cl. The second-order valence-corrected chi connectivity index (χ2v) is 12.3. The van der Waals surface area contributed by atoms with Crippen LogP contribution in [0.25, 0.3) is 0 Å². The Labute approximate surface area is 229 Å². The van der Waals surface area contributed by atoms with Crippen molar-refractivity contribution in [2.45, 2.75) is 89.8 Å². The Bertz CT molecular complexity index is 1170. The predicted molar refractivity (Wildman–Crippen MR) is 144 cm³/mol. The molecule has 6 nitrogen and oxygen atoms in total. The number of rotatable bonds is 8. The number of alkyl halides is 1. The van der Waals surface area contributed by atoms with Crippen molar-refractivity contribution in [2.75, 3.05) is 13.1 Å². The first-order chi connectivity index (χ1) is 17.0. The Morgan fingerprint density at radius 3 is 2.41 bits per heavy atom. The summed E-state index contributed by atoms with van der Waals surface area (Å²) >= 11 is 6.11. The number of ketones is 1. The fraction of sp³-hybridized carbons (Fsp3) is 0.643. The van der Waals surface area contributed by atoms with Crippen molar-refractivity contribution in [1.82, 2.24) is 19.7 Å². The molecule has 9 heteroatoms. The molecule has 2 saturated carbocycles. The molecule has 1 saturated heterocycles. The highest BCUT2D eigenvalue weighted by Crippen LogP contribution is 2.49. The Balaban J connectivity index is 0.00000320. The molecule has 0 bridgehead atoms. The second-order valence-electron chi connectivity index (χ2n) is 11.8. The van der Waals surface area contributed by atoms with Crippen LogP contribution >= 0.6 is 24.0 Å². The van der Waals surface area contributed by atoms with Gasteiger partial charge < -0.3 is 9.47 Å². The minimum absolute atomic E-state index is 0. The van der Waals surface area contributed by atoms with Gasteiger partial charge in [0.25, 0.3) is 0 Å². The summed E-state index contributed by atoms with van der Waals surface area (Å²) in [4.78, 5) is 27.7. The summed E-state index contributed by atoms with van der Waals surface area (Å²) in [6.45, 7) is 7.72. The smallest absolute Gasteiger partial charge is 0.219 e. The van der Waals surface area contributed by atoms with Crippen LogP contribution in [0.4, 0.5) is 4.39 Å². The molecule has 2 atom stereocenters. The fourth-order valence-electron chi connectivity index (χ4n) is 6.18. The van der Waals surface area contributed by atoms with Crippen molar-refractivity contribution in [3.8, 4) is 0 Å². The molecule has 1 aromatic carbocycles. The van der Waals surface area contributed by atoms with Gasteiger partial charge in [0, 0.05) is 55.3 Å². The van der Waals surface area contributed by atoms with Gasteiger partial charge in [0.05, 0.1) is 0 Å². The van der Waals surface area contributed by atoms with Crippen LogP contribution in [0, 0.1) is 18.8 Å². The zero-order valence-electron chi connectivity index (χ0n) is 22.0. The highest BCUT2D eigenvalue weighted by molar-refractivity contribution is 6.30. The maximum Gasteiger partial charge on any atom is 0.219 e. The standard InChI is InChI=1S/C28H36ClFN4O2.ClH/c1-16-9-21(29)6-5-19(16)12-25(36)23-14-33(17(2)35)15-24(23)27-32-31-26(34(27)22-7-8-22)20-10-18(11-20)13-28(3,4)30;/h5-6,9,18,20,22-24H,7-8,10-15H2,1-4H3;1H/t18?,20?,23-,24-;/m0./s1. The van der Waals surface area contributed by atoms with E-state index < -0.39 is 5.67 Å². The van der Waals surface area contributed by atoms with Crippen LogP contribution in [-0.4, -0.2) is 50.1 Å². The number of aryl methyl sites for hydroxylation is 1. The average Bonchev–Trinajstić information content (AvgIpc) is 3.34. The van der Waals surface area contributed by atoms with Crippen LogP contribution < -0.4 is 0 Å². The topological polar surface area (TPSA) is 68.1 Å². The van der Waals surface area contributed by atoms with E-state index in [-0.39, 0.29) is 41.9 Å². The van der Waals surface area contributed by atoms with Gasteiger partial charge in [0.2, 0.25) is 5.91 Å². The molecule has 0 N–H and O–H groups in total. The molecule has 0 radical (unpaired) electrons. The van der Waals surface area contributed by atoms with Crippen LogP contribution in [0.2, 0.25) is 5.02 Å². The van der Waals surface area contributed by atoms with Crippen molar-refractivity contribution >= 4 is 35.7 Å². The molecule has 3 fully saturated rings. The maximum atomic E-state index is 14.1. The number of benzene rings is 1. The first-order valence-corrected chi connectivity index (χ1v) is 13.5. The van der Waals surface area contributed by atoms with E-state index in [1.54, 1.807) is 25.7 Å². The summed E-state index contributed by atoms with van der Waals surface area (Å²) in [5.41, 5.74) is 0.805. The Kier molecular flexibility index (Phi) is 8.06. The highest BCUT2D eigenvalue weighted by atomic mass is 35.5. The molecular weight excluding hydrogens is 514 g/mol. The van der Waals surface area contributed by atoms with Crippen LogP contribution in [0.1, 0.15) is 93.5 Å². The molecule has 2 aromatic rings. The third-order valence-electron chi connectivity index (χ3n) is 8.22. The summed E-state index contributed by atoms with van der Waals surface area (Å²) < 4.78 is 16.4. The molecule has 0 unspecified atom stereocenters. The number of amides is 1. The summed E-state index contributed by atoms with van der Waals surface area (Å²) in [6.07, 6.45) is 4.91. The van der Waals surface area contributed by atoms with Crippen LogP contribution in [0.5, 0.6) is 0 Å². The van der Waals surface area contributed by atoms with Gasteiger partial charge in [-0.2, -0.15) is 0 Å². The van der Waals surface area contributed by atoms with E-state index in [1.165, 1.54) is 0 Å². The van der Waals surface area contributed by atoms with Gasteiger partial charge in [-0.15, -0.1) is 22.6 Å². The first kappa shape index (κ1) is 28.0. The van der Waals surface area contributed by atoms with Gasteiger partial charge in [-0.25, -0.2) is 4.39 Å². The Morgan fingerprint density at radius 2 is 1.81 bits per heavy atom. The lowest BCUT2D eigenvalue weighted by Crippen LogP contribution is -2.30. The lowest BCUT2D eigenvalue weighted by Gasteiger charge is -2.37.